The summed E-state index contributed by atoms with van der Waals surface area (Å²) in [4.78, 5) is 15.1. The number of sulfonamides is 1. The fourth-order valence-corrected chi connectivity index (χ4v) is 5.39. The van der Waals surface area contributed by atoms with E-state index >= 15 is 0 Å². The van der Waals surface area contributed by atoms with Gasteiger partial charge in [0.15, 0.2) is 5.84 Å². The molecule has 2 aromatic carbocycles. The Morgan fingerprint density at radius 2 is 1.90 bits per heavy atom. The molecule has 0 bridgehead atoms. The van der Waals surface area contributed by atoms with E-state index in [-0.39, 0.29) is 22.8 Å². The van der Waals surface area contributed by atoms with E-state index in [0.717, 1.165) is 25.7 Å². The molecule has 0 radical (unpaired) electrons. The maximum atomic E-state index is 12.9. The van der Waals surface area contributed by atoms with Crippen molar-refractivity contribution < 1.29 is 13.2 Å². The molecule has 1 amide bonds. The Morgan fingerprint density at radius 1 is 1.17 bits per heavy atom. The molecular formula is C23H27N3O3S. The minimum absolute atomic E-state index is 0.0370. The summed E-state index contributed by atoms with van der Waals surface area (Å²) in [6.07, 6.45) is 3.43. The molecule has 1 saturated heterocycles. The van der Waals surface area contributed by atoms with Crippen molar-refractivity contribution in [1.29, 1.82) is 0 Å². The van der Waals surface area contributed by atoms with Gasteiger partial charge in [-0.2, -0.15) is 8.42 Å². The molecule has 0 aromatic heterocycles. The van der Waals surface area contributed by atoms with Gasteiger partial charge in [-0.05, 0) is 50.3 Å². The Morgan fingerprint density at radius 3 is 2.70 bits per heavy atom. The fourth-order valence-electron chi connectivity index (χ4n) is 4.16. The quantitative estimate of drug-likeness (QED) is 0.799. The third kappa shape index (κ3) is 4.41. The van der Waals surface area contributed by atoms with E-state index in [2.05, 4.69) is 21.8 Å². The summed E-state index contributed by atoms with van der Waals surface area (Å²) >= 11 is 0. The van der Waals surface area contributed by atoms with Crippen LogP contribution in [-0.4, -0.2) is 44.2 Å². The molecule has 2 aliphatic heterocycles. The van der Waals surface area contributed by atoms with E-state index < -0.39 is 10.0 Å². The standard InChI is InChI=1S/C23H27N3O3S/c1-17(13-14-18-8-3-2-4-9-18)24-23(27)19-10-7-15-26(16-19)22-20-11-5-6-12-21(20)30(28,29)25-22/h2-6,8-9,11-12,17,19H,7,10,13-16H2,1H3,(H,24,27)/t17-,19-/m1/s1. The summed E-state index contributed by atoms with van der Waals surface area (Å²) in [5, 5.41) is 3.14. The Balaban J connectivity index is 1.38. The van der Waals surface area contributed by atoms with Gasteiger partial charge in [0.1, 0.15) is 4.90 Å². The first kappa shape index (κ1) is 20.6. The van der Waals surface area contributed by atoms with Crippen LogP contribution in [0, 0.1) is 5.92 Å². The lowest BCUT2D eigenvalue weighted by Crippen LogP contribution is -2.47. The molecule has 30 heavy (non-hydrogen) atoms. The average molecular weight is 426 g/mol. The second kappa shape index (κ2) is 8.60. The number of carbonyl (C=O) groups excluding carboxylic acids is 1. The monoisotopic (exact) mass is 425 g/mol. The lowest BCUT2D eigenvalue weighted by atomic mass is 9.95. The van der Waals surface area contributed by atoms with E-state index in [1.807, 2.05) is 36.1 Å². The molecule has 2 aliphatic rings. The number of benzene rings is 2. The van der Waals surface area contributed by atoms with Crippen LogP contribution >= 0.6 is 0 Å². The van der Waals surface area contributed by atoms with Gasteiger partial charge in [-0.25, -0.2) is 0 Å². The fraction of sp³-hybridized carbons (Fsp3) is 0.391. The molecule has 1 N–H and O–H groups in total. The topological polar surface area (TPSA) is 78.8 Å². The van der Waals surface area contributed by atoms with Crippen molar-refractivity contribution in [2.45, 2.75) is 43.5 Å². The van der Waals surface area contributed by atoms with Crippen molar-refractivity contribution in [2.24, 2.45) is 10.3 Å². The van der Waals surface area contributed by atoms with Crippen LogP contribution < -0.4 is 5.32 Å². The highest BCUT2D eigenvalue weighted by molar-refractivity contribution is 7.90. The van der Waals surface area contributed by atoms with Crippen molar-refractivity contribution in [3.05, 3.63) is 65.7 Å². The summed E-state index contributed by atoms with van der Waals surface area (Å²) < 4.78 is 28.7. The predicted molar refractivity (Wildman–Crippen MR) is 117 cm³/mol. The van der Waals surface area contributed by atoms with E-state index in [1.54, 1.807) is 18.2 Å². The lowest BCUT2D eigenvalue weighted by molar-refractivity contribution is -0.126. The van der Waals surface area contributed by atoms with Gasteiger partial charge in [0.2, 0.25) is 5.91 Å². The minimum atomic E-state index is -3.65. The number of likely N-dealkylation sites (tertiary alicyclic amines) is 1. The number of amidine groups is 1. The Kier molecular flexibility index (Phi) is 5.90. The summed E-state index contributed by atoms with van der Waals surface area (Å²) in [6, 6.07) is 17.2. The van der Waals surface area contributed by atoms with E-state index in [0.29, 0.717) is 24.5 Å². The highest BCUT2D eigenvalue weighted by Crippen LogP contribution is 2.29. The Labute approximate surface area is 178 Å². The van der Waals surface area contributed by atoms with Crippen LogP contribution in [0.25, 0.3) is 0 Å². The van der Waals surface area contributed by atoms with Gasteiger partial charge in [0.25, 0.3) is 10.0 Å². The maximum Gasteiger partial charge on any atom is 0.285 e. The molecule has 0 aliphatic carbocycles. The number of hydrogen-bond donors (Lipinski definition) is 1. The first-order valence-electron chi connectivity index (χ1n) is 10.5. The normalized spacial score (nSPS) is 20.9. The van der Waals surface area contributed by atoms with Crippen LogP contribution in [0.15, 0.2) is 63.9 Å². The smallest absolute Gasteiger partial charge is 0.285 e. The third-order valence-electron chi connectivity index (χ3n) is 5.80. The maximum absolute atomic E-state index is 12.9. The molecule has 158 valence electrons. The summed E-state index contributed by atoms with van der Waals surface area (Å²) in [5.41, 5.74) is 1.90. The number of rotatable bonds is 5. The molecule has 4 rings (SSSR count). The van der Waals surface area contributed by atoms with Crippen LogP contribution in [0.2, 0.25) is 0 Å². The zero-order valence-electron chi connectivity index (χ0n) is 17.1. The van der Waals surface area contributed by atoms with Crippen LogP contribution in [0.5, 0.6) is 0 Å². The van der Waals surface area contributed by atoms with Crippen molar-refractivity contribution in [1.82, 2.24) is 10.2 Å². The van der Waals surface area contributed by atoms with Crippen LogP contribution in [0.1, 0.15) is 37.3 Å². The molecule has 2 atom stereocenters. The number of carbonyl (C=O) groups is 1. The molecule has 2 heterocycles. The predicted octanol–water partition coefficient (Wildman–Crippen LogP) is 2.99. The first-order valence-corrected chi connectivity index (χ1v) is 11.9. The lowest BCUT2D eigenvalue weighted by Gasteiger charge is -2.34. The number of nitrogens with one attached hydrogen (secondary N) is 1. The largest absolute Gasteiger partial charge is 0.355 e. The van der Waals surface area contributed by atoms with Crippen LogP contribution in [0.3, 0.4) is 0 Å². The average Bonchev–Trinajstić information content (AvgIpc) is 3.04. The van der Waals surface area contributed by atoms with Crippen molar-refractivity contribution in [2.75, 3.05) is 13.1 Å². The number of nitrogens with zero attached hydrogens (tertiary/aromatic N) is 2. The highest BCUT2D eigenvalue weighted by Gasteiger charge is 2.35. The van der Waals surface area contributed by atoms with Gasteiger partial charge in [-0.15, -0.1) is 4.40 Å². The Hall–Kier alpha value is -2.67. The summed E-state index contributed by atoms with van der Waals surface area (Å²) in [6.45, 7) is 3.22. The van der Waals surface area contributed by atoms with Crippen molar-refractivity contribution in [3.8, 4) is 0 Å². The van der Waals surface area contributed by atoms with E-state index in [4.69, 9.17) is 0 Å². The van der Waals surface area contributed by atoms with Gasteiger partial charge < -0.3 is 10.2 Å². The molecule has 0 spiro atoms. The number of amides is 1. The molecule has 7 heteroatoms. The summed E-state index contributed by atoms with van der Waals surface area (Å²) in [7, 11) is -3.65. The summed E-state index contributed by atoms with van der Waals surface area (Å²) in [5.74, 6) is 0.339. The highest BCUT2D eigenvalue weighted by atomic mass is 32.2. The van der Waals surface area contributed by atoms with Crippen LogP contribution in [0.4, 0.5) is 0 Å². The van der Waals surface area contributed by atoms with Gasteiger partial charge in [0, 0.05) is 24.7 Å². The molecule has 6 nitrogen and oxygen atoms in total. The zero-order valence-corrected chi connectivity index (χ0v) is 17.9. The first-order chi connectivity index (χ1) is 14.4. The second-order valence-electron chi connectivity index (χ2n) is 8.11. The molecule has 0 unspecified atom stereocenters. The van der Waals surface area contributed by atoms with Gasteiger partial charge in [-0.3, -0.25) is 4.79 Å². The zero-order chi connectivity index (χ0) is 21.1. The number of piperidine rings is 1. The van der Waals surface area contributed by atoms with Gasteiger partial charge in [-0.1, -0.05) is 42.5 Å². The Bertz CT molecular complexity index is 1050. The minimum Gasteiger partial charge on any atom is -0.355 e. The SMILES string of the molecule is C[C@H](CCc1ccccc1)NC(=O)[C@@H]1CCCN(C2=NS(=O)(=O)c3ccccc32)C1. The van der Waals surface area contributed by atoms with Crippen molar-refractivity contribution >= 4 is 21.8 Å². The third-order valence-corrected chi connectivity index (χ3v) is 7.13. The number of fused-ring (bicyclic) bond motifs is 1. The number of hydrogen-bond acceptors (Lipinski definition) is 4. The molecular weight excluding hydrogens is 398 g/mol. The molecule has 2 aromatic rings. The van der Waals surface area contributed by atoms with E-state index in [9.17, 15) is 13.2 Å². The second-order valence-corrected chi connectivity index (χ2v) is 9.68. The van der Waals surface area contributed by atoms with Crippen molar-refractivity contribution in [3.63, 3.8) is 0 Å². The molecule has 0 saturated carbocycles. The molecule has 1 fully saturated rings. The van der Waals surface area contributed by atoms with Gasteiger partial charge >= 0.3 is 0 Å². The van der Waals surface area contributed by atoms with Crippen LogP contribution in [-0.2, 0) is 21.2 Å². The van der Waals surface area contributed by atoms with Gasteiger partial charge in [0.05, 0.1) is 5.92 Å². The van der Waals surface area contributed by atoms with E-state index in [1.165, 1.54) is 5.56 Å². The number of aryl methyl sites for hydroxylation is 1.